The van der Waals surface area contributed by atoms with E-state index in [1.54, 1.807) is 16.3 Å². The van der Waals surface area contributed by atoms with E-state index in [-0.39, 0.29) is 5.56 Å². The smallest absolute Gasteiger partial charge is 0.261 e. The molecule has 0 atom stereocenters. The fraction of sp³-hybridized carbons (Fsp3) is 0.333. The molecule has 0 aliphatic carbocycles. The highest BCUT2D eigenvalue weighted by molar-refractivity contribution is 7.99. The van der Waals surface area contributed by atoms with Gasteiger partial charge in [0.25, 0.3) is 5.56 Å². The SMILES string of the molecule is CCc1c(OCc2ccccc2)nc2n(c1=O)CCS2. The third-order valence-electron chi connectivity index (χ3n) is 3.31. The van der Waals surface area contributed by atoms with E-state index in [2.05, 4.69) is 4.98 Å². The molecular formula is C15H16N2O2S. The van der Waals surface area contributed by atoms with Crippen molar-refractivity contribution in [2.75, 3.05) is 5.75 Å². The molecule has 2 aromatic rings. The van der Waals surface area contributed by atoms with E-state index >= 15 is 0 Å². The lowest BCUT2D eigenvalue weighted by molar-refractivity contribution is 0.284. The number of hydrogen-bond acceptors (Lipinski definition) is 4. The Hall–Kier alpha value is -1.75. The zero-order valence-electron chi connectivity index (χ0n) is 11.3. The van der Waals surface area contributed by atoms with E-state index in [1.165, 1.54) is 0 Å². The molecule has 104 valence electrons. The van der Waals surface area contributed by atoms with Crippen molar-refractivity contribution < 1.29 is 4.74 Å². The summed E-state index contributed by atoms with van der Waals surface area (Å²) in [4.78, 5) is 16.9. The van der Waals surface area contributed by atoms with Crippen molar-refractivity contribution in [3.05, 3.63) is 51.8 Å². The van der Waals surface area contributed by atoms with Crippen molar-refractivity contribution in [1.82, 2.24) is 9.55 Å². The van der Waals surface area contributed by atoms with Crippen LogP contribution in [0.25, 0.3) is 0 Å². The first kappa shape index (κ1) is 13.2. The van der Waals surface area contributed by atoms with E-state index in [9.17, 15) is 4.79 Å². The fourth-order valence-electron chi connectivity index (χ4n) is 2.24. The van der Waals surface area contributed by atoms with Crippen molar-refractivity contribution in [2.45, 2.75) is 31.7 Å². The van der Waals surface area contributed by atoms with Gasteiger partial charge in [-0.05, 0) is 12.0 Å². The van der Waals surface area contributed by atoms with E-state index in [0.717, 1.165) is 23.0 Å². The standard InChI is InChI=1S/C15H16N2O2S/c1-2-12-13(19-10-11-6-4-3-5-7-11)16-15-17(14(12)18)8-9-20-15/h3-7H,2,8-10H2,1H3. The summed E-state index contributed by atoms with van der Waals surface area (Å²) in [5, 5.41) is 0.773. The lowest BCUT2D eigenvalue weighted by Crippen LogP contribution is -2.25. The lowest BCUT2D eigenvalue weighted by atomic mass is 10.2. The van der Waals surface area contributed by atoms with Crippen molar-refractivity contribution in [1.29, 1.82) is 0 Å². The number of fused-ring (bicyclic) bond motifs is 1. The van der Waals surface area contributed by atoms with Crippen LogP contribution in [0.4, 0.5) is 0 Å². The van der Waals surface area contributed by atoms with Gasteiger partial charge in [-0.2, -0.15) is 4.98 Å². The van der Waals surface area contributed by atoms with Crippen molar-refractivity contribution in [3.63, 3.8) is 0 Å². The summed E-state index contributed by atoms with van der Waals surface area (Å²) >= 11 is 1.61. The topological polar surface area (TPSA) is 44.1 Å². The first-order chi connectivity index (χ1) is 9.79. The second-order valence-electron chi connectivity index (χ2n) is 4.61. The maximum Gasteiger partial charge on any atom is 0.261 e. The Morgan fingerprint density at radius 1 is 1.35 bits per heavy atom. The van der Waals surface area contributed by atoms with Gasteiger partial charge >= 0.3 is 0 Å². The summed E-state index contributed by atoms with van der Waals surface area (Å²) < 4.78 is 7.53. The molecule has 0 amide bonds. The first-order valence-electron chi connectivity index (χ1n) is 6.73. The summed E-state index contributed by atoms with van der Waals surface area (Å²) in [7, 11) is 0. The van der Waals surface area contributed by atoms with Gasteiger partial charge in [0.2, 0.25) is 5.88 Å². The predicted octanol–water partition coefficient (Wildman–Crippen LogP) is 2.49. The third kappa shape index (κ3) is 2.45. The molecule has 1 aromatic heterocycles. The number of ether oxygens (including phenoxy) is 1. The fourth-order valence-corrected chi connectivity index (χ4v) is 3.17. The zero-order chi connectivity index (χ0) is 13.9. The van der Waals surface area contributed by atoms with Crippen molar-refractivity contribution in [2.24, 2.45) is 0 Å². The van der Waals surface area contributed by atoms with Crippen LogP contribution in [0.15, 0.2) is 40.3 Å². The molecule has 0 unspecified atom stereocenters. The van der Waals surface area contributed by atoms with Crippen LogP contribution in [0.2, 0.25) is 0 Å². The highest BCUT2D eigenvalue weighted by atomic mass is 32.2. The zero-order valence-corrected chi connectivity index (χ0v) is 12.2. The molecule has 4 nitrogen and oxygen atoms in total. The Kier molecular flexibility index (Phi) is 3.78. The molecule has 5 heteroatoms. The Bertz CT molecular complexity index is 668. The first-order valence-corrected chi connectivity index (χ1v) is 7.71. The average Bonchev–Trinajstić information content (AvgIpc) is 2.95. The van der Waals surface area contributed by atoms with Crippen LogP contribution in [-0.4, -0.2) is 15.3 Å². The summed E-state index contributed by atoms with van der Waals surface area (Å²) in [5.74, 6) is 1.40. The maximum absolute atomic E-state index is 12.4. The van der Waals surface area contributed by atoms with E-state index in [1.807, 2.05) is 37.3 Å². The lowest BCUT2D eigenvalue weighted by Gasteiger charge is -2.11. The van der Waals surface area contributed by atoms with Gasteiger partial charge < -0.3 is 4.74 Å². The molecule has 1 aliphatic heterocycles. The van der Waals surface area contributed by atoms with Crippen LogP contribution in [0.5, 0.6) is 5.88 Å². The van der Waals surface area contributed by atoms with E-state index in [0.29, 0.717) is 24.5 Å². The van der Waals surface area contributed by atoms with Gasteiger partial charge in [-0.15, -0.1) is 0 Å². The quantitative estimate of drug-likeness (QED) is 0.811. The van der Waals surface area contributed by atoms with Gasteiger partial charge in [0.05, 0.1) is 5.56 Å². The van der Waals surface area contributed by atoms with Crippen LogP contribution in [0.1, 0.15) is 18.1 Å². The molecule has 0 saturated carbocycles. The second kappa shape index (κ2) is 5.71. The predicted molar refractivity (Wildman–Crippen MR) is 79.4 cm³/mol. The molecule has 20 heavy (non-hydrogen) atoms. The molecule has 0 spiro atoms. The van der Waals surface area contributed by atoms with Gasteiger partial charge in [0.15, 0.2) is 5.16 Å². The van der Waals surface area contributed by atoms with E-state index in [4.69, 9.17) is 4.74 Å². The van der Waals surface area contributed by atoms with Crippen molar-refractivity contribution in [3.8, 4) is 5.88 Å². The number of benzene rings is 1. The molecule has 0 bridgehead atoms. The number of aromatic nitrogens is 2. The number of thioether (sulfide) groups is 1. The number of rotatable bonds is 4. The Morgan fingerprint density at radius 2 is 2.15 bits per heavy atom. The van der Waals surface area contributed by atoms with Gasteiger partial charge in [-0.3, -0.25) is 9.36 Å². The molecule has 0 saturated heterocycles. The largest absolute Gasteiger partial charge is 0.472 e. The van der Waals surface area contributed by atoms with Crippen LogP contribution in [-0.2, 0) is 19.6 Å². The van der Waals surface area contributed by atoms with Gasteiger partial charge in [-0.25, -0.2) is 0 Å². The van der Waals surface area contributed by atoms with Gasteiger partial charge in [-0.1, -0.05) is 49.0 Å². The summed E-state index contributed by atoms with van der Waals surface area (Å²) in [6, 6.07) is 9.92. The van der Waals surface area contributed by atoms with E-state index < -0.39 is 0 Å². The molecule has 1 aliphatic rings. The average molecular weight is 288 g/mol. The molecular weight excluding hydrogens is 272 g/mol. The molecule has 1 aromatic carbocycles. The summed E-state index contributed by atoms with van der Waals surface area (Å²) in [5.41, 5.74) is 1.79. The highest BCUT2D eigenvalue weighted by Gasteiger charge is 2.20. The summed E-state index contributed by atoms with van der Waals surface area (Å²) in [6.45, 7) is 3.15. The Morgan fingerprint density at radius 3 is 2.90 bits per heavy atom. The minimum atomic E-state index is 0.0468. The van der Waals surface area contributed by atoms with Crippen LogP contribution in [0.3, 0.4) is 0 Å². The van der Waals surface area contributed by atoms with Crippen molar-refractivity contribution >= 4 is 11.8 Å². The Balaban J connectivity index is 1.89. The van der Waals surface area contributed by atoms with Crippen LogP contribution < -0.4 is 10.3 Å². The minimum Gasteiger partial charge on any atom is -0.472 e. The normalized spacial score (nSPS) is 13.2. The second-order valence-corrected chi connectivity index (χ2v) is 5.67. The Labute approximate surface area is 121 Å². The van der Waals surface area contributed by atoms with Gasteiger partial charge in [0, 0.05) is 12.3 Å². The van der Waals surface area contributed by atoms with Gasteiger partial charge in [0.1, 0.15) is 6.61 Å². The molecule has 0 radical (unpaired) electrons. The molecule has 2 heterocycles. The summed E-state index contributed by atoms with van der Waals surface area (Å²) in [6.07, 6.45) is 0.640. The molecule has 0 fully saturated rings. The maximum atomic E-state index is 12.4. The molecule has 3 rings (SSSR count). The number of nitrogens with zero attached hydrogens (tertiary/aromatic N) is 2. The minimum absolute atomic E-state index is 0.0468. The van der Waals surface area contributed by atoms with Crippen LogP contribution >= 0.6 is 11.8 Å². The monoisotopic (exact) mass is 288 g/mol. The third-order valence-corrected chi connectivity index (χ3v) is 4.26. The molecule has 0 N–H and O–H groups in total. The number of hydrogen-bond donors (Lipinski definition) is 0. The van der Waals surface area contributed by atoms with Crippen LogP contribution in [0, 0.1) is 0 Å². The highest BCUT2D eigenvalue weighted by Crippen LogP contribution is 2.25.